The lowest BCUT2D eigenvalue weighted by Crippen LogP contribution is -2.48. The minimum atomic E-state index is -4.00. The summed E-state index contributed by atoms with van der Waals surface area (Å²) in [5.41, 5.74) is 5.19. The molecule has 0 spiro atoms. The third-order valence-corrected chi connectivity index (χ3v) is 7.92. The molecule has 8 nitrogen and oxygen atoms in total. The van der Waals surface area contributed by atoms with Crippen molar-refractivity contribution in [1.29, 1.82) is 0 Å². The molecule has 1 saturated heterocycles. The topological polar surface area (TPSA) is 102 Å². The second kappa shape index (κ2) is 13.1. The average molecular weight is 610 g/mol. The maximum Gasteiger partial charge on any atom is 0.294 e. The predicted molar refractivity (Wildman–Crippen MR) is 155 cm³/mol. The summed E-state index contributed by atoms with van der Waals surface area (Å²) >= 11 is 18.5. The van der Waals surface area contributed by atoms with Crippen molar-refractivity contribution in [2.45, 2.75) is 30.1 Å². The summed E-state index contributed by atoms with van der Waals surface area (Å²) in [7, 11) is -4.00. The molecule has 2 aliphatic heterocycles. The Morgan fingerprint density at radius 1 is 0.897 bits per heavy atom. The van der Waals surface area contributed by atoms with E-state index in [1.807, 2.05) is 35.3 Å². The highest BCUT2D eigenvalue weighted by molar-refractivity contribution is 7.85. The van der Waals surface area contributed by atoms with Gasteiger partial charge in [-0.2, -0.15) is 13.5 Å². The van der Waals surface area contributed by atoms with Crippen LogP contribution in [-0.2, 0) is 14.9 Å². The summed E-state index contributed by atoms with van der Waals surface area (Å²) in [5.74, 6) is -0.372. The van der Waals surface area contributed by atoms with Gasteiger partial charge in [0.05, 0.1) is 28.1 Å². The highest BCUT2D eigenvalue weighted by Crippen LogP contribution is 2.35. The van der Waals surface area contributed by atoms with Gasteiger partial charge in [0.1, 0.15) is 5.71 Å². The van der Waals surface area contributed by atoms with Crippen molar-refractivity contribution < 1.29 is 17.8 Å². The minimum absolute atomic E-state index is 0.0741. The maximum atomic E-state index is 13.1. The fraction of sp³-hybridized carbons (Fsp3) is 0.259. The molecule has 1 atom stereocenters. The lowest BCUT2D eigenvalue weighted by Gasteiger charge is -2.27. The van der Waals surface area contributed by atoms with Crippen molar-refractivity contribution in [3.8, 4) is 0 Å². The van der Waals surface area contributed by atoms with E-state index >= 15 is 0 Å². The zero-order valence-corrected chi connectivity index (χ0v) is 23.9. The van der Waals surface area contributed by atoms with Gasteiger partial charge in [0.15, 0.2) is 0 Å². The van der Waals surface area contributed by atoms with E-state index < -0.39 is 10.1 Å². The van der Waals surface area contributed by atoms with E-state index in [-0.39, 0.29) is 16.7 Å². The molecule has 0 aliphatic carbocycles. The van der Waals surface area contributed by atoms with Gasteiger partial charge in [0, 0.05) is 23.1 Å². The Bertz CT molecular complexity index is 1430. The Hall–Kier alpha value is -2.66. The van der Waals surface area contributed by atoms with Crippen LogP contribution in [0.2, 0.25) is 15.1 Å². The highest BCUT2D eigenvalue weighted by atomic mass is 35.5. The first-order chi connectivity index (χ1) is 18.6. The monoisotopic (exact) mass is 608 g/mol. The first-order valence-electron chi connectivity index (χ1n) is 12.3. The van der Waals surface area contributed by atoms with E-state index in [2.05, 4.69) is 10.5 Å². The lowest BCUT2D eigenvalue weighted by molar-refractivity contribution is -0.119. The van der Waals surface area contributed by atoms with Crippen LogP contribution in [0.3, 0.4) is 0 Å². The number of hydrogen-bond acceptors (Lipinski definition) is 6. The molecule has 0 radical (unpaired) electrons. The largest absolute Gasteiger partial charge is 0.294 e. The zero-order valence-electron chi connectivity index (χ0n) is 20.8. The van der Waals surface area contributed by atoms with Gasteiger partial charge < -0.3 is 0 Å². The van der Waals surface area contributed by atoms with Gasteiger partial charge >= 0.3 is 0 Å². The lowest BCUT2D eigenvalue weighted by atomic mass is 9.94. The Balaban J connectivity index is 0.000000298. The number of amides is 1. The van der Waals surface area contributed by atoms with Crippen LogP contribution in [0.4, 0.5) is 5.69 Å². The average Bonchev–Trinajstić information content (AvgIpc) is 3.35. The van der Waals surface area contributed by atoms with Crippen LogP contribution in [0.25, 0.3) is 0 Å². The molecule has 0 saturated carbocycles. The number of halogens is 3. The molecule has 0 bridgehead atoms. The number of nitrogens with one attached hydrogen (secondary N) is 1. The summed E-state index contributed by atoms with van der Waals surface area (Å²) in [5, 5.41) is 10.1. The number of hydrazone groups is 1. The normalized spacial score (nSPS) is 17.7. The third kappa shape index (κ3) is 7.94. The van der Waals surface area contributed by atoms with E-state index in [0.29, 0.717) is 27.3 Å². The number of anilines is 1. The molecule has 1 unspecified atom stereocenters. The summed E-state index contributed by atoms with van der Waals surface area (Å²) in [6.07, 6.45) is 3.36. The molecule has 3 aromatic rings. The predicted octanol–water partition coefficient (Wildman–Crippen LogP) is 6.06. The quantitative estimate of drug-likeness (QED) is 0.341. The molecule has 1 amide bonds. The second-order valence-electron chi connectivity index (χ2n) is 9.04. The van der Waals surface area contributed by atoms with E-state index in [1.54, 1.807) is 35.3 Å². The molecule has 5 rings (SSSR count). The maximum absolute atomic E-state index is 13.1. The fourth-order valence-corrected chi connectivity index (χ4v) is 5.44. The van der Waals surface area contributed by atoms with Crippen molar-refractivity contribution in [3.05, 3.63) is 93.4 Å². The van der Waals surface area contributed by atoms with E-state index in [9.17, 15) is 13.2 Å². The first-order valence-corrected chi connectivity index (χ1v) is 14.8. The molecular formula is C27H27Cl3N4O4S. The Kier molecular flexibility index (Phi) is 9.87. The molecule has 3 aromatic carbocycles. The molecule has 206 valence electrons. The van der Waals surface area contributed by atoms with Gasteiger partial charge in [-0.05, 0) is 60.9 Å². The highest BCUT2D eigenvalue weighted by Gasteiger charge is 2.35. The van der Waals surface area contributed by atoms with Crippen LogP contribution in [0, 0.1) is 0 Å². The van der Waals surface area contributed by atoms with Crippen LogP contribution in [0.5, 0.6) is 0 Å². The minimum Gasteiger partial charge on any atom is -0.284 e. The summed E-state index contributed by atoms with van der Waals surface area (Å²) in [4.78, 5) is 13.0. The van der Waals surface area contributed by atoms with Crippen LogP contribution in [-0.4, -0.2) is 49.2 Å². The molecule has 1 fully saturated rings. The number of hydrazine groups is 1. The number of rotatable bonds is 5. The summed E-state index contributed by atoms with van der Waals surface area (Å²) in [6.45, 7) is 2.22. The van der Waals surface area contributed by atoms with Gasteiger partial charge in [-0.3, -0.25) is 19.8 Å². The van der Waals surface area contributed by atoms with Crippen LogP contribution in [0.1, 0.15) is 30.7 Å². The van der Waals surface area contributed by atoms with E-state index in [0.717, 1.165) is 37.2 Å². The van der Waals surface area contributed by atoms with Gasteiger partial charge in [-0.15, -0.1) is 0 Å². The molecule has 12 heteroatoms. The number of nitrogens with zero attached hydrogens (tertiary/aromatic N) is 3. The van der Waals surface area contributed by atoms with Crippen molar-refractivity contribution >= 4 is 62.2 Å². The molecule has 39 heavy (non-hydrogen) atoms. The van der Waals surface area contributed by atoms with E-state index in [1.165, 1.54) is 18.6 Å². The second-order valence-corrected chi connectivity index (χ2v) is 11.7. The van der Waals surface area contributed by atoms with Crippen LogP contribution >= 0.6 is 34.8 Å². The standard InChI is InChI=1S/C21H21Cl3N4O.C6H6O3S/c22-15-6-4-14(5-7-15)17-13-28(19-9-8-16(23)12-18(19)24)25-20(17)21(29)26-27-10-2-1-3-11-27;7-10(8,9)6-4-2-1-3-5-6/h4-9,12,17H,1-3,10-11,13H2,(H,26,29);1-5H,(H,7,8,9). The van der Waals surface area contributed by atoms with Gasteiger partial charge in [0.25, 0.3) is 16.0 Å². The molecule has 2 aliphatic rings. The number of carbonyl (C=O) groups is 1. The van der Waals surface area contributed by atoms with E-state index in [4.69, 9.17) is 39.4 Å². The smallest absolute Gasteiger partial charge is 0.284 e. The Morgan fingerprint density at radius 2 is 1.54 bits per heavy atom. The number of piperidine rings is 1. The van der Waals surface area contributed by atoms with Crippen LogP contribution in [0.15, 0.2) is 82.8 Å². The molecule has 2 heterocycles. The molecule has 0 aromatic heterocycles. The van der Waals surface area contributed by atoms with Gasteiger partial charge in [0.2, 0.25) is 0 Å². The Morgan fingerprint density at radius 3 is 2.13 bits per heavy atom. The zero-order chi connectivity index (χ0) is 28.0. The van der Waals surface area contributed by atoms with Crippen molar-refractivity contribution in [2.24, 2.45) is 5.10 Å². The third-order valence-electron chi connectivity index (χ3n) is 6.26. The number of hydrogen-bond donors (Lipinski definition) is 2. The summed E-state index contributed by atoms with van der Waals surface area (Å²) < 4.78 is 29.2. The molecular weight excluding hydrogens is 583 g/mol. The number of benzene rings is 3. The fourth-order valence-electron chi connectivity index (χ4n) is 4.30. The van der Waals surface area contributed by atoms with Gasteiger partial charge in [-0.25, -0.2) is 5.01 Å². The SMILES string of the molecule is O=C(NN1CCCCC1)C1=NN(c2ccc(Cl)cc2Cl)CC1c1ccc(Cl)cc1.O=S(=O)(O)c1ccccc1. The first kappa shape index (κ1) is 29.3. The van der Waals surface area contributed by atoms with Gasteiger partial charge in [-0.1, -0.05) is 71.6 Å². The van der Waals surface area contributed by atoms with Crippen LogP contribution < -0.4 is 10.4 Å². The van der Waals surface area contributed by atoms with Crippen molar-refractivity contribution in [2.75, 3.05) is 24.6 Å². The number of carbonyl (C=O) groups excluding carboxylic acids is 1. The summed E-state index contributed by atoms with van der Waals surface area (Å²) in [6, 6.07) is 20.2. The molecule has 2 N–H and O–H groups in total. The Labute approximate surface area is 242 Å². The van der Waals surface area contributed by atoms with Crippen molar-refractivity contribution in [3.63, 3.8) is 0 Å². The van der Waals surface area contributed by atoms with Crippen molar-refractivity contribution in [1.82, 2.24) is 10.4 Å².